The summed E-state index contributed by atoms with van der Waals surface area (Å²) in [7, 11) is 1.66. The van der Waals surface area contributed by atoms with E-state index in [9.17, 15) is 9.59 Å². The fraction of sp³-hybridized carbons (Fsp3) is 0.419. The van der Waals surface area contributed by atoms with Crippen LogP contribution in [0, 0.1) is 0 Å². The smallest absolute Gasteiger partial charge is 0.254 e. The molecule has 2 aromatic carbocycles. The maximum Gasteiger partial charge on any atom is 0.254 e. The van der Waals surface area contributed by atoms with Crippen molar-refractivity contribution in [3.8, 4) is 0 Å². The molecule has 0 spiro atoms. The van der Waals surface area contributed by atoms with E-state index in [1.807, 2.05) is 41.3 Å². The number of hydrogen-bond acceptors (Lipinski definition) is 3. The summed E-state index contributed by atoms with van der Waals surface area (Å²) in [6, 6.07) is 24.0. The first kappa shape index (κ1) is 26.7. The Morgan fingerprint density at radius 1 is 0.919 bits per heavy atom. The molecule has 0 saturated heterocycles. The van der Waals surface area contributed by atoms with Gasteiger partial charge in [0.05, 0.1) is 6.54 Å². The van der Waals surface area contributed by atoms with E-state index >= 15 is 0 Å². The summed E-state index contributed by atoms with van der Waals surface area (Å²) in [6.07, 6.45) is 8.30. The Labute approximate surface area is 220 Å². The summed E-state index contributed by atoms with van der Waals surface area (Å²) in [5, 5.41) is 0. The maximum atomic E-state index is 13.9. The average Bonchev–Trinajstić information content (AvgIpc) is 3.38. The Morgan fingerprint density at radius 3 is 2.32 bits per heavy atom. The lowest BCUT2D eigenvalue weighted by Crippen LogP contribution is -2.48. The molecule has 1 aromatic heterocycles. The lowest BCUT2D eigenvalue weighted by Gasteiger charge is -2.36. The second-order valence-corrected chi connectivity index (χ2v) is 9.87. The van der Waals surface area contributed by atoms with Crippen LogP contribution < -0.4 is 0 Å². The van der Waals surface area contributed by atoms with E-state index in [0.717, 1.165) is 37.9 Å². The minimum Gasteiger partial charge on any atom is -0.385 e. The van der Waals surface area contributed by atoms with Crippen LogP contribution in [0.2, 0.25) is 0 Å². The van der Waals surface area contributed by atoms with Crippen molar-refractivity contribution in [1.29, 1.82) is 0 Å². The highest BCUT2D eigenvalue weighted by Crippen LogP contribution is 2.25. The second kappa shape index (κ2) is 13.8. The van der Waals surface area contributed by atoms with Gasteiger partial charge in [0.1, 0.15) is 6.54 Å². The number of nitrogens with zero attached hydrogens (tertiary/aromatic N) is 3. The van der Waals surface area contributed by atoms with Crippen LogP contribution in [0.25, 0.3) is 0 Å². The summed E-state index contributed by atoms with van der Waals surface area (Å²) in [5.74, 6) is -0.0952. The highest BCUT2D eigenvalue weighted by molar-refractivity contribution is 5.96. The molecule has 0 radical (unpaired) electrons. The van der Waals surface area contributed by atoms with Gasteiger partial charge in [-0.05, 0) is 49.1 Å². The molecule has 6 nitrogen and oxygen atoms in total. The third-order valence-electron chi connectivity index (χ3n) is 7.20. The maximum absolute atomic E-state index is 13.9. The van der Waals surface area contributed by atoms with Gasteiger partial charge in [-0.3, -0.25) is 9.59 Å². The fourth-order valence-corrected chi connectivity index (χ4v) is 5.19. The molecule has 4 rings (SSSR count). The largest absolute Gasteiger partial charge is 0.385 e. The standard InChI is InChI=1S/C31H39N3O3/c1-37-22-12-21-33(31(36)27-15-7-3-8-16-27)25-30(35)34(28-17-9-4-10-18-28)24-29-19-11-20-32(29)23-26-13-5-2-6-14-26/h2-3,5-8,11,13-16,19-20,28H,4,9-10,12,17-18,21-25H2,1H3. The highest BCUT2D eigenvalue weighted by atomic mass is 16.5. The van der Waals surface area contributed by atoms with Crippen LogP contribution in [0.3, 0.4) is 0 Å². The van der Waals surface area contributed by atoms with Gasteiger partial charge in [-0.1, -0.05) is 67.8 Å². The van der Waals surface area contributed by atoms with Crippen LogP contribution in [0.15, 0.2) is 79.0 Å². The molecule has 37 heavy (non-hydrogen) atoms. The van der Waals surface area contributed by atoms with E-state index < -0.39 is 0 Å². The topological polar surface area (TPSA) is 54.8 Å². The molecular formula is C31H39N3O3. The number of methoxy groups -OCH3 is 1. The molecule has 1 heterocycles. The number of rotatable bonds is 12. The molecule has 1 aliphatic carbocycles. The molecule has 2 amide bonds. The average molecular weight is 502 g/mol. The number of amides is 2. The van der Waals surface area contributed by atoms with Gasteiger partial charge < -0.3 is 19.1 Å². The zero-order chi connectivity index (χ0) is 25.9. The molecular weight excluding hydrogens is 462 g/mol. The van der Waals surface area contributed by atoms with Gasteiger partial charge in [0.2, 0.25) is 5.91 Å². The highest BCUT2D eigenvalue weighted by Gasteiger charge is 2.29. The van der Waals surface area contributed by atoms with Gasteiger partial charge in [0.25, 0.3) is 5.91 Å². The first-order chi connectivity index (χ1) is 18.2. The molecule has 1 fully saturated rings. The number of benzene rings is 2. The van der Waals surface area contributed by atoms with Crippen molar-refractivity contribution in [3.05, 3.63) is 95.8 Å². The first-order valence-corrected chi connectivity index (χ1v) is 13.5. The van der Waals surface area contributed by atoms with Gasteiger partial charge in [-0.15, -0.1) is 0 Å². The van der Waals surface area contributed by atoms with Crippen LogP contribution in [0.5, 0.6) is 0 Å². The zero-order valence-corrected chi connectivity index (χ0v) is 21.9. The quantitative estimate of drug-likeness (QED) is 0.313. The van der Waals surface area contributed by atoms with Crippen molar-refractivity contribution in [3.63, 3.8) is 0 Å². The Balaban J connectivity index is 1.53. The van der Waals surface area contributed by atoms with Gasteiger partial charge in [-0.2, -0.15) is 0 Å². The predicted molar refractivity (Wildman–Crippen MR) is 146 cm³/mol. The molecule has 6 heteroatoms. The monoisotopic (exact) mass is 501 g/mol. The fourth-order valence-electron chi connectivity index (χ4n) is 5.19. The summed E-state index contributed by atoms with van der Waals surface area (Å²) in [5.41, 5.74) is 2.95. The summed E-state index contributed by atoms with van der Waals surface area (Å²) >= 11 is 0. The van der Waals surface area contributed by atoms with Gasteiger partial charge >= 0.3 is 0 Å². The minimum atomic E-state index is -0.110. The Morgan fingerprint density at radius 2 is 1.62 bits per heavy atom. The minimum absolute atomic E-state index is 0.0149. The SMILES string of the molecule is COCCCN(CC(=O)N(Cc1cccn1Cc1ccccc1)C1CCCCC1)C(=O)c1ccccc1. The summed E-state index contributed by atoms with van der Waals surface area (Å²) < 4.78 is 7.45. The van der Waals surface area contributed by atoms with E-state index in [2.05, 4.69) is 47.2 Å². The number of aromatic nitrogens is 1. The van der Waals surface area contributed by atoms with Crippen LogP contribution in [-0.2, 0) is 22.6 Å². The van der Waals surface area contributed by atoms with Crippen molar-refractivity contribution in [2.45, 2.75) is 57.7 Å². The molecule has 0 N–H and O–H groups in total. The molecule has 0 atom stereocenters. The lowest BCUT2D eigenvalue weighted by molar-refractivity contribution is -0.135. The van der Waals surface area contributed by atoms with Gasteiger partial charge in [0, 0.05) is 50.3 Å². The molecule has 3 aromatic rings. The van der Waals surface area contributed by atoms with Crippen molar-refractivity contribution in [2.24, 2.45) is 0 Å². The first-order valence-electron chi connectivity index (χ1n) is 13.5. The third kappa shape index (κ3) is 7.56. The van der Waals surface area contributed by atoms with E-state index in [-0.39, 0.29) is 24.4 Å². The number of carbonyl (C=O) groups is 2. The Kier molecular flexibility index (Phi) is 9.95. The predicted octanol–water partition coefficient (Wildman–Crippen LogP) is 5.38. The van der Waals surface area contributed by atoms with E-state index in [4.69, 9.17) is 4.74 Å². The van der Waals surface area contributed by atoms with E-state index in [1.54, 1.807) is 12.0 Å². The summed E-state index contributed by atoms with van der Waals surface area (Å²) in [4.78, 5) is 31.0. The molecule has 1 aliphatic rings. The van der Waals surface area contributed by atoms with Crippen molar-refractivity contribution >= 4 is 11.8 Å². The third-order valence-corrected chi connectivity index (χ3v) is 7.20. The normalized spacial score (nSPS) is 13.9. The molecule has 1 saturated carbocycles. The van der Waals surface area contributed by atoms with Crippen LogP contribution in [-0.4, -0.2) is 59.0 Å². The number of ether oxygens (including phenoxy) is 1. The van der Waals surface area contributed by atoms with E-state index in [1.165, 1.54) is 12.0 Å². The Bertz CT molecular complexity index is 1110. The van der Waals surface area contributed by atoms with Crippen LogP contribution >= 0.6 is 0 Å². The van der Waals surface area contributed by atoms with Crippen LogP contribution in [0.4, 0.5) is 0 Å². The van der Waals surface area contributed by atoms with Gasteiger partial charge in [0.15, 0.2) is 0 Å². The zero-order valence-electron chi connectivity index (χ0n) is 21.9. The van der Waals surface area contributed by atoms with E-state index in [0.29, 0.717) is 31.7 Å². The second-order valence-electron chi connectivity index (χ2n) is 9.87. The van der Waals surface area contributed by atoms with Crippen molar-refractivity contribution < 1.29 is 14.3 Å². The molecule has 0 aliphatic heterocycles. The molecule has 0 bridgehead atoms. The van der Waals surface area contributed by atoms with Gasteiger partial charge in [-0.25, -0.2) is 0 Å². The Hall–Kier alpha value is -3.38. The van der Waals surface area contributed by atoms with Crippen LogP contribution in [0.1, 0.15) is 60.1 Å². The lowest BCUT2D eigenvalue weighted by atomic mass is 9.94. The molecule has 0 unspecified atom stereocenters. The number of carbonyl (C=O) groups excluding carboxylic acids is 2. The number of hydrogen-bond donors (Lipinski definition) is 0. The summed E-state index contributed by atoms with van der Waals surface area (Å²) in [6.45, 7) is 2.43. The van der Waals surface area contributed by atoms with Crippen molar-refractivity contribution in [2.75, 3.05) is 26.8 Å². The van der Waals surface area contributed by atoms with Crippen molar-refractivity contribution in [1.82, 2.24) is 14.4 Å². The molecule has 196 valence electrons.